The third-order valence-corrected chi connectivity index (χ3v) is 6.10. The predicted octanol–water partition coefficient (Wildman–Crippen LogP) is 4.28. The van der Waals surface area contributed by atoms with E-state index in [-0.39, 0.29) is 46.0 Å². The summed E-state index contributed by atoms with van der Waals surface area (Å²) in [6.07, 6.45) is 4.30. The maximum absolute atomic E-state index is 15.1. The number of hydrogen-bond acceptors (Lipinski definition) is 8. The Morgan fingerprint density at radius 2 is 2.08 bits per heavy atom. The molecular formula is C27H26FN7O2. The van der Waals surface area contributed by atoms with Crippen LogP contribution < -0.4 is 15.8 Å². The van der Waals surface area contributed by atoms with E-state index in [4.69, 9.17) is 15.9 Å². The van der Waals surface area contributed by atoms with E-state index in [9.17, 15) is 10.1 Å². The highest BCUT2D eigenvalue weighted by Crippen LogP contribution is 2.28. The monoisotopic (exact) mass is 499 g/mol. The standard InChI is InChI=1S/C27H26FN7O2/c1-2-17(14-29)27(36)35-12-6-7-18(35)15-32-26-23(25(31)33-16-34-26)24(30)21-11-10-20(13-22(21)28)37-19-8-4-3-5-9-19/h2-5,8-11,13,16,18,30H,6-7,12,15H2,1H3,(H3,31,32,33,34)/b17-2+,30-24?. The molecule has 0 radical (unpaired) electrons. The van der Waals surface area contributed by atoms with E-state index < -0.39 is 5.82 Å². The first-order valence-electron chi connectivity index (χ1n) is 11.8. The molecule has 1 aliphatic heterocycles. The lowest BCUT2D eigenvalue weighted by Crippen LogP contribution is -2.40. The summed E-state index contributed by atoms with van der Waals surface area (Å²) in [4.78, 5) is 22.6. The number of nitrogens with zero attached hydrogens (tertiary/aromatic N) is 4. The molecule has 0 bridgehead atoms. The van der Waals surface area contributed by atoms with Gasteiger partial charge in [-0.2, -0.15) is 5.26 Å². The van der Waals surface area contributed by atoms with Gasteiger partial charge in [-0.3, -0.25) is 10.2 Å². The number of nitrogens with one attached hydrogen (secondary N) is 2. The van der Waals surface area contributed by atoms with E-state index in [0.717, 1.165) is 12.8 Å². The number of carbonyl (C=O) groups excluding carboxylic acids is 1. The molecule has 0 saturated carbocycles. The fourth-order valence-corrected chi connectivity index (χ4v) is 4.22. The smallest absolute Gasteiger partial charge is 0.264 e. The van der Waals surface area contributed by atoms with Crippen LogP contribution in [0.5, 0.6) is 11.5 Å². The van der Waals surface area contributed by atoms with Crippen molar-refractivity contribution in [2.45, 2.75) is 25.8 Å². The van der Waals surface area contributed by atoms with Crippen molar-refractivity contribution in [3.63, 3.8) is 0 Å². The topological polar surface area (TPSA) is 141 Å². The van der Waals surface area contributed by atoms with Crippen molar-refractivity contribution in [1.82, 2.24) is 14.9 Å². The summed E-state index contributed by atoms with van der Waals surface area (Å²) in [6, 6.07) is 15.0. The molecule has 1 atom stereocenters. The fourth-order valence-electron chi connectivity index (χ4n) is 4.22. The molecule has 1 fully saturated rings. The van der Waals surface area contributed by atoms with Crippen molar-refractivity contribution in [2.24, 2.45) is 0 Å². The minimum absolute atomic E-state index is 0.00868. The van der Waals surface area contributed by atoms with Crippen molar-refractivity contribution in [3.8, 4) is 17.6 Å². The minimum Gasteiger partial charge on any atom is -0.457 e. The Morgan fingerprint density at radius 3 is 2.78 bits per heavy atom. The lowest BCUT2D eigenvalue weighted by atomic mass is 10.0. The van der Waals surface area contributed by atoms with Gasteiger partial charge in [-0.05, 0) is 44.0 Å². The van der Waals surface area contributed by atoms with Gasteiger partial charge in [0.05, 0.1) is 11.3 Å². The number of carbonyl (C=O) groups is 1. The number of allylic oxidation sites excluding steroid dienone is 1. The summed E-state index contributed by atoms with van der Waals surface area (Å²) in [6.45, 7) is 2.51. The summed E-state index contributed by atoms with van der Waals surface area (Å²) < 4.78 is 20.7. The van der Waals surface area contributed by atoms with Gasteiger partial charge in [0.1, 0.15) is 46.9 Å². The number of anilines is 2. The van der Waals surface area contributed by atoms with Crippen LogP contribution in [0.1, 0.15) is 30.9 Å². The molecule has 1 aliphatic rings. The second kappa shape index (κ2) is 11.3. The first-order chi connectivity index (χ1) is 17.9. The lowest BCUT2D eigenvalue weighted by molar-refractivity contribution is -0.127. The van der Waals surface area contributed by atoms with Crippen molar-refractivity contribution < 1.29 is 13.9 Å². The number of nitrogen functional groups attached to an aromatic ring is 1. The van der Waals surface area contributed by atoms with Crippen molar-refractivity contribution in [1.29, 1.82) is 10.7 Å². The molecule has 37 heavy (non-hydrogen) atoms. The largest absolute Gasteiger partial charge is 0.457 e. The van der Waals surface area contributed by atoms with Crippen LogP contribution in [0, 0.1) is 22.6 Å². The third-order valence-electron chi connectivity index (χ3n) is 6.10. The van der Waals surface area contributed by atoms with Gasteiger partial charge in [0.2, 0.25) is 0 Å². The molecule has 4 rings (SSSR count). The van der Waals surface area contributed by atoms with E-state index in [1.165, 1.54) is 24.5 Å². The Labute approximate surface area is 213 Å². The number of nitriles is 1. The van der Waals surface area contributed by atoms with E-state index in [2.05, 4.69) is 15.3 Å². The average Bonchev–Trinajstić information content (AvgIpc) is 3.37. The number of amides is 1. The number of aromatic nitrogens is 2. The minimum atomic E-state index is -0.657. The molecule has 10 heteroatoms. The summed E-state index contributed by atoms with van der Waals surface area (Å²) >= 11 is 0. The number of benzene rings is 2. The van der Waals surface area contributed by atoms with Crippen LogP contribution in [0.3, 0.4) is 0 Å². The van der Waals surface area contributed by atoms with E-state index in [1.807, 2.05) is 24.3 Å². The summed E-state index contributed by atoms with van der Waals surface area (Å²) in [5.41, 5.74) is 6.15. The van der Waals surface area contributed by atoms with Crippen LogP contribution in [0.2, 0.25) is 0 Å². The zero-order valence-electron chi connectivity index (χ0n) is 20.2. The Balaban J connectivity index is 1.53. The molecule has 0 spiro atoms. The quantitative estimate of drug-likeness (QED) is 0.239. The van der Waals surface area contributed by atoms with Gasteiger partial charge in [0, 0.05) is 30.8 Å². The molecule has 1 saturated heterocycles. The maximum Gasteiger partial charge on any atom is 0.264 e. The number of rotatable bonds is 8. The molecule has 2 aromatic carbocycles. The van der Waals surface area contributed by atoms with Crippen molar-refractivity contribution in [2.75, 3.05) is 24.1 Å². The van der Waals surface area contributed by atoms with Crippen LogP contribution in [-0.4, -0.2) is 45.6 Å². The van der Waals surface area contributed by atoms with Gasteiger partial charge in [-0.25, -0.2) is 14.4 Å². The highest BCUT2D eigenvalue weighted by molar-refractivity contribution is 6.16. The van der Waals surface area contributed by atoms with Crippen LogP contribution in [0.15, 0.2) is 66.5 Å². The van der Waals surface area contributed by atoms with E-state index >= 15 is 4.39 Å². The normalized spacial score (nSPS) is 15.2. The Morgan fingerprint density at radius 1 is 1.30 bits per heavy atom. The molecule has 188 valence electrons. The second-order valence-electron chi connectivity index (χ2n) is 8.40. The molecule has 4 N–H and O–H groups in total. The Kier molecular flexibility index (Phi) is 7.74. The summed E-state index contributed by atoms with van der Waals surface area (Å²) in [5.74, 6) is 0.159. The number of likely N-dealkylation sites (tertiary alicyclic amines) is 1. The van der Waals surface area contributed by atoms with Crippen LogP contribution in [0.25, 0.3) is 0 Å². The highest BCUT2D eigenvalue weighted by Gasteiger charge is 2.31. The molecule has 1 amide bonds. The first kappa shape index (κ1) is 25.3. The number of para-hydroxylation sites is 1. The van der Waals surface area contributed by atoms with E-state index in [1.54, 1.807) is 30.0 Å². The second-order valence-corrected chi connectivity index (χ2v) is 8.40. The number of nitrogens with two attached hydrogens (primary N) is 1. The molecule has 1 unspecified atom stereocenters. The van der Waals surface area contributed by atoms with Crippen LogP contribution >= 0.6 is 0 Å². The Hall–Kier alpha value is -4.78. The molecular weight excluding hydrogens is 473 g/mol. The predicted molar refractivity (Wildman–Crippen MR) is 138 cm³/mol. The van der Waals surface area contributed by atoms with Gasteiger partial charge in [0.25, 0.3) is 5.91 Å². The van der Waals surface area contributed by atoms with Crippen molar-refractivity contribution in [3.05, 3.63) is 83.5 Å². The SMILES string of the molecule is C/C=C(\C#N)C(=O)N1CCCC1CNc1ncnc(N)c1C(=N)c1ccc(Oc2ccccc2)cc1F. The average molecular weight is 500 g/mol. The molecule has 1 aromatic heterocycles. The zero-order valence-corrected chi connectivity index (χ0v) is 20.2. The highest BCUT2D eigenvalue weighted by atomic mass is 19.1. The van der Waals surface area contributed by atoms with Crippen LogP contribution in [-0.2, 0) is 4.79 Å². The van der Waals surface area contributed by atoms with Crippen LogP contribution in [0.4, 0.5) is 16.0 Å². The first-order valence-corrected chi connectivity index (χ1v) is 11.8. The number of halogens is 1. The van der Waals surface area contributed by atoms with E-state index in [0.29, 0.717) is 24.6 Å². The van der Waals surface area contributed by atoms with Crippen molar-refractivity contribution >= 4 is 23.3 Å². The van der Waals surface area contributed by atoms with Gasteiger partial charge < -0.3 is 20.7 Å². The van der Waals surface area contributed by atoms with Gasteiger partial charge in [-0.15, -0.1) is 0 Å². The number of hydrogen-bond donors (Lipinski definition) is 3. The summed E-state index contributed by atoms with van der Waals surface area (Å²) in [5, 5.41) is 21.1. The number of ether oxygens (including phenoxy) is 1. The molecule has 3 aromatic rings. The molecule has 9 nitrogen and oxygen atoms in total. The molecule has 0 aliphatic carbocycles. The fraction of sp³-hybridized carbons (Fsp3) is 0.222. The van der Waals surface area contributed by atoms with Gasteiger partial charge >= 0.3 is 0 Å². The summed E-state index contributed by atoms with van der Waals surface area (Å²) in [7, 11) is 0. The zero-order chi connectivity index (χ0) is 26.4. The van der Waals surface area contributed by atoms with Gasteiger partial charge in [-0.1, -0.05) is 24.3 Å². The molecule has 2 heterocycles. The third kappa shape index (κ3) is 5.56. The maximum atomic E-state index is 15.1. The lowest BCUT2D eigenvalue weighted by Gasteiger charge is -2.25. The van der Waals surface area contributed by atoms with Gasteiger partial charge in [0.15, 0.2) is 0 Å². The Bertz CT molecular complexity index is 1390.